The highest BCUT2D eigenvalue weighted by Gasteiger charge is 2.09. The number of aromatic nitrogens is 2. The van der Waals surface area contributed by atoms with Crippen LogP contribution in [-0.2, 0) is 0 Å². The molecule has 0 bridgehead atoms. The zero-order chi connectivity index (χ0) is 15.5. The summed E-state index contributed by atoms with van der Waals surface area (Å²) in [5.41, 5.74) is 5.26. The van der Waals surface area contributed by atoms with Crippen molar-refractivity contribution in [3.63, 3.8) is 0 Å². The molecule has 0 aliphatic heterocycles. The van der Waals surface area contributed by atoms with E-state index in [0.29, 0.717) is 0 Å². The average Bonchev–Trinajstić information content (AvgIpc) is 2.80. The molecule has 0 fully saturated rings. The lowest BCUT2D eigenvalue weighted by atomic mass is 10.2. The largest absolute Gasteiger partial charge is 0.318 e. The Hall–Kier alpha value is -2.39. The number of benzene rings is 1. The summed E-state index contributed by atoms with van der Waals surface area (Å²) in [6, 6.07) is 13.8. The summed E-state index contributed by atoms with van der Waals surface area (Å²) in [6.45, 7) is 4.16. The molecule has 0 unspecified atom stereocenters. The molecule has 3 nitrogen and oxygen atoms in total. The number of pyridine rings is 1. The van der Waals surface area contributed by atoms with E-state index in [4.69, 9.17) is 11.6 Å². The minimum absolute atomic E-state index is 0.732. The van der Waals surface area contributed by atoms with Crippen LogP contribution in [0, 0.1) is 13.8 Å². The Morgan fingerprint density at radius 3 is 2.73 bits per heavy atom. The lowest BCUT2D eigenvalue weighted by Crippen LogP contribution is -1.99. The Balaban J connectivity index is 1.99. The quantitative estimate of drug-likeness (QED) is 0.633. The molecule has 0 atom stereocenters. The Morgan fingerprint density at radius 2 is 2.00 bits per heavy atom. The van der Waals surface area contributed by atoms with Gasteiger partial charge >= 0.3 is 0 Å². The van der Waals surface area contributed by atoms with Gasteiger partial charge in [-0.25, -0.2) is 0 Å². The van der Waals surface area contributed by atoms with E-state index >= 15 is 0 Å². The van der Waals surface area contributed by atoms with E-state index in [1.807, 2.05) is 42.6 Å². The van der Waals surface area contributed by atoms with Crippen molar-refractivity contribution in [1.82, 2.24) is 9.55 Å². The minimum Gasteiger partial charge on any atom is -0.318 e. The van der Waals surface area contributed by atoms with Crippen molar-refractivity contribution >= 4 is 23.5 Å². The SMILES string of the molecule is Cc1cc(C=Nc2cccnc2)c(C)n1-c1cccc(Cl)c1. The molecule has 0 aliphatic carbocycles. The summed E-state index contributed by atoms with van der Waals surface area (Å²) in [4.78, 5) is 8.54. The van der Waals surface area contributed by atoms with Crippen molar-refractivity contribution in [2.45, 2.75) is 13.8 Å². The second kappa shape index (κ2) is 6.16. The fraction of sp³-hybridized carbons (Fsp3) is 0.111. The molecule has 0 spiro atoms. The number of aryl methyl sites for hydroxylation is 1. The topological polar surface area (TPSA) is 30.2 Å². The first-order chi connectivity index (χ1) is 10.6. The minimum atomic E-state index is 0.732. The molecule has 0 N–H and O–H groups in total. The van der Waals surface area contributed by atoms with Crippen LogP contribution >= 0.6 is 11.6 Å². The van der Waals surface area contributed by atoms with Crippen LogP contribution in [0.1, 0.15) is 17.0 Å². The summed E-state index contributed by atoms with van der Waals surface area (Å²) < 4.78 is 2.18. The molecule has 2 aromatic heterocycles. The summed E-state index contributed by atoms with van der Waals surface area (Å²) in [5.74, 6) is 0. The van der Waals surface area contributed by atoms with Crippen LogP contribution < -0.4 is 0 Å². The second-order valence-electron chi connectivity index (χ2n) is 5.11. The fourth-order valence-electron chi connectivity index (χ4n) is 2.51. The third-order valence-corrected chi connectivity index (χ3v) is 3.77. The van der Waals surface area contributed by atoms with E-state index in [1.165, 1.54) is 0 Å². The van der Waals surface area contributed by atoms with Crippen LogP contribution in [0.3, 0.4) is 0 Å². The third kappa shape index (κ3) is 2.95. The van der Waals surface area contributed by atoms with Crippen molar-refractivity contribution in [3.05, 3.63) is 76.8 Å². The molecule has 3 aromatic rings. The van der Waals surface area contributed by atoms with Gasteiger partial charge in [0.25, 0.3) is 0 Å². The molecular formula is C18H16ClN3. The van der Waals surface area contributed by atoms with Gasteiger partial charge in [0.15, 0.2) is 0 Å². The van der Waals surface area contributed by atoms with Gasteiger partial charge in [0, 0.05) is 40.1 Å². The van der Waals surface area contributed by atoms with Crippen molar-refractivity contribution in [3.8, 4) is 5.69 Å². The Morgan fingerprint density at radius 1 is 1.14 bits per heavy atom. The monoisotopic (exact) mass is 309 g/mol. The highest BCUT2D eigenvalue weighted by Crippen LogP contribution is 2.22. The van der Waals surface area contributed by atoms with Crippen molar-refractivity contribution in [2.24, 2.45) is 4.99 Å². The van der Waals surface area contributed by atoms with E-state index in [2.05, 4.69) is 34.5 Å². The van der Waals surface area contributed by atoms with Gasteiger partial charge in [0.1, 0.15) is 0 Å². The first kappa shape index (κ1) is 14.5. The summed E-state index contributed by atoms with van der Waals surface area (Å²) in [7, 11) is 0. The summed E-state index contributed by atoms with van der Waals surface area (Å²) in [6.07, 6.45) is 5.36. The van der Waals surface area contributed by atoms with Crippen LogP contribution in [0.5, 0.6) is 0 Å². The molecule has 110 valence electrons. The molecule has 2 heterocycles. The zero-order valence-corrected chi connectivity index (χ0v) is 13.2. The highest BCUT2D eigenvalue weighted by atomic mass is 35.5. The first-order valence-corrected chi connectivity index (χ1v) is 7.42. The molecule has 0 saturated heterocycles. The number of rotatable bonds is 3. The predicted octanol–water partition coefficient (Wildman–Crippen LogP) is 4.89. The zero-order valence-electron chi connectivity index (χ0n) is 12.5. The van der Waals surface area contributed by atoms with Crippen LogP contribution in [0.4, 0.5) is 5.69 Å². The molecule has 1 aromatic carbocycles. The maximum Gasteiger partial charge on any atom is 0.0813 e. The fourth-order valence-corrected chi connectivity index (χ4v) is 2.69. The Kier molecular flexibility index (Phi) is 4.07. The van der Waals surface area contributed by atoms with E-state index in [1.54, 1.807) is 12.4 Å². The number of hydrogen-bond acceptors (Lipinski definition) is 2. The molecular weight excluding hydrogens is 294 g/mol. The van der Waals surface area contributed by atoms with Gasteiger partial charge in [-0.3, -0.25) is 9.98 Å². The summed E-state index contributed by atoms with van der Waals surface area (Å²) >= 11 is 6.10. The van der Waals surface area contributed by atoms with Gasteiger partial charge < -0.3 is 4.57 Å². The van der Waals surface area contributed by atoms with Crippen LogP contribution in [0.2, 0.25) is 5.02 Å². The van der Waals surface area contributed by atoms with Crippen molar-refractivity contribution in [1.29, 1.82) is 0 Å². The lowest BCUT2D eigenvalue weighted by molar-refractivity contribution is 0.965. The average molecular weight is 310 g/mol. The van der Waals surface area contributed by atoms with Gasteiger partial charge in [0.05, 0.1) is 11.9 Å². The van der Waals surface area contributed by atoms with Gasteiger partial charge in [0.2, 0.25) is 0 Å². The van der Waals surface area contributed by atoms with Gasteiger partial charge in [-0.15, -0.1) is 0 Å². The molecule has 0 aliphatic rings. The second-order valence-corrected chi connectivity index (χ2v) is 5.55. The van der Waals surface area contributed by atoms with Gasteiger partial charge in [-0.1, -0.05) is 17.7 Å². The third-order valence-electron chi connectivity index (χ3n) is 3.54. The first-order valence-electron chi connectivity index (χ1n) is 7.04. The molecule has 22 heavy (non-hydrogen) atoms. The number of halogens is 1. The smallest absolute Gasteiger partial charge is 0.0813 e. The van der Waals surface area contributed by atoms with Crippen LogP contribution in [0.15, 0.2) is 59.9 Å². The maximum atomic E-state index is 6.10. The number of aliphatic imine (C=N–C) groups is 1. The molecule has 3 rings (SSSR count). The lowest BCUT2D eigenvalue weighted by Gasteiger charge is -2.09. The molecule has 4 heteroatoms. The normalized spacial score (nSPS) is 11.2. The van der Waals surface area contributed by atoms with Crippen LogP contribution in [-0.4, -0.2) is 15.8 Å². The molecule has 0 amide bonds. The van der Waals surface area contributed by atoms with Crippen molar-refractivity contribution in [2.75, 3.05) is 0 Å². The highest BCUT2D eigenvalue weighted by molar-refractivity contribution is 6.30. The van der Waals surface area contributed by atoms with Crippen molar-refractivity contribution < 1.29 is 0 Å². The molecule has 0 saturated carbocycles. The van der Waals surface area contributed by atoms with Gasteiger partial charge in [-0.05, 0) is 50.2 Å². The molecule has 0 radical (unpaired) electrons. The number of hydrogen-bond donors (Lipinski definition) is 0. The predicted molar refractivity (Wildman–Crippen MR) is 91.7 cm³/mol. The van der Waals surface area contributed by atoms with E-state index in [-0.39, 0.29) is 0 Å². The van der Waals surface area contributed by atoms with E-state index in [0.717, 1.165) is 33.3 Å². The maximum absolute atomic E-state index is 6.10. The Bertz CT molecular complexity index is 820. The van der Waals surface area contributed by atoms with E-state index < -0.39 is 0 Å². The van der Waals surface area contributed by atoms with Gasteiger partial charge in [-0.2, -0.15) is 0 Å². The summed E-state index contributed by atoms with van der Waals surface area (Å²) in [5, 5.41) is 0.732. The number of nitrogens with zero attached hydrogens (tertiary/aromatic N) is 3. The standard InChI is InChI=1S/C18H16ClN3/c1-13-9-15(11-21-17-6-4-8-20-12-17)14(2)22(13)18-7-3-5-16(19)10-18/h3-12H,1-2H3. The Labute approximate surface area is 134 Å². The van der Waals surface area contributed by atoms with E-state index in [9.17, 15) is 0 Å². The van der Waals surface area contributed by atoms with Crippen LogP contribution in [0.25, 0.3) is 5.69 Å².